The predicted molar refractivity (Wildman–Crippen MR) is 142 cm³/mol. The molecule has 2 saturated heterocycles. The van der Waals surface area contributed by atoms with Gasteiger partial charge in [-0.3, -0.25) is 14.4 Å². The van der Waals surface area contributed by atoms with E-state index in [4.69, 9.17) is 34.8 Å². The lowest BCUT2D eigenvalue weighted by Crippen LogP contribution is -2.75. The van der Waals surface area contributed by atoms with Gasteiger partial charge in [0.2, 0.25) is 27.7 Å². The molecule has 5 rings (SSSR count). The van der Waals surface area contributed by atoms with Gasteiger partial charge in [0.15, 0.2) is 0 Å². The molecule has 2 aliphatic heterocycles. The van der Waals surface area contributed by atoms with Gasteiger partial charge in [-0.2, -0.15) is 4.31 Å². The Hall–Kier alpha value is -2.37. The van der Waals surface area contributed by atoms with Crippen molar-refractivity contribution in [2.45, 2.75) is 42.4 Å². The number of amides is 3. The molecule has 3 atom stereocenters. The Labute approximate surface area is 235 Å². The normalized spacial score (nSPS) is 24.4. The summed E-state index contributed by atoms with van der Waals surface area (Å²) in [6.45, 7) is -0.342. The van der Waals surface area contributed by atoms with Gasteiger partial charge in [0, 0.05) is 36.0 Å². The number of hydrogen-bond acceptors (Lipinski definition) is 5. The first-order valence-electron chi connectivity index (χ1n) is 12.1. The summed E-state index contributed by atoms with van der Waals surface area (Å²) in [5.74, 6) is -1.34. The number of carbonyl (C=O) groups is 3. The molecule has 0 radical (unpaired) electrons. The molecule has 2 heterocycles. The molecule has 0 bridgehead atoms. The van der Waals surface area contributed by atoms with Crippen LogP contribution in [0.15, 0.2) is 47.4 Å². The van der Waals surface area contributed by atoms with Crippen LogP contribution in [0.1, 0.15) is 18.4 Å². The molecular formula is C25H25Cl3N4O5S. The summed E-state index contributed by atoms with van der Waals surface area (Å²) in [5, 5.41) is 3.44. The zero-order valence-electron chi connectivity index (χ0n) is 20.3. The van der Waals surface area contributed by atoms with Crippen LogP contribution < -0.4 is 5.32 Å². The third kappa shape index (κ3) is 5.12. The average Bonchev–Trinajstić information content (AvgIpc) is 3.70. The minimum Gasteiger partial charge on any atom is -0.343 e. The molecule has 9 nitrogen and oxygen atoms in total. The number of likely N-dealkylation sites (N-methyl/N-ethyl adjacent to an activating group) is 1. The van der Waals surface area contributed by atoms with Crippen LogP contribution in [-0.2, 0) is 30.8 Å². The highest BCUT2D eigenvalue weighted by atomic mass is 35.5. The fraction of sp³-hybridized carbons (Fsp3) is 0.400. The molecule has 0 aromatic heterocycles. The summed E-state index contributed by atoms with van der Waals surface area (Å²) < 4.78 is 29.1. The van der Waals surface area contributed by atoms with E-state index in [1.807, 2.05) is 0 Å². The molecule has 3 amide bonds. The molecular weight excluding hydrogens is 575 g/mol. The monoisotopic (exact) mass is 598 g/mol. The quantitative estimate of drug-likeness (QED) is 0.550. The minimum absolute atomic E-state index is 0.0462. The van der Waals surface area contributed by atoms with Gasteiger partial charge in [0.05, 0.1) is 11.6 Å². The van der Waals surface area contributed by atoms with Crippen molar-refractivity contribution >= 4 is 62.5 Å². The van der Waals surface area contributed by atoms with Crippen LogP contribution in [-0.4, -0.2) is 78.6 Å². The Morgan fingerprint density at radius 2 is 1.63 bits per heavy atom. The van der Waals surface area contributed by atoms with Crippen molar-refractivity contribution in [1.82, 2.24) is 19.4 Å². The maximum absolute atomic E-state index is 14.0. The maximum atomic E-state index is 14.0. The zero-order valence-corrected chi connectivity index (χ0v) is 23.4. The number of nitrogens with one attached hydrogen (secondary N) is 1. The largest absolute Gasteiger partial charge is 0.343 e. The summed E-state index contributed by atoms with van der Waals surface area (Å²) in [4.78, 5) is 42.4. The van der Waals surface area contributed by atoms with Crippen LogP contribution >= 0.6 is 34.8 Å². The summed E-state index contributed by atoms with van der Waals surface area (Å²) in [5.41, 5.74) is 0.744. The number of fused-ring (bicyclic) bond motifs is 1. The van der Waals surface area contributed by atoms with Crippen molar-refractivity contribution in [2.24, 2.45) is 5.92 Å². The molecule has 38 heavy (non-hydrogen) atoms. The first kappa shape index (κ1) is 27.2. The van der Waals surface area contributed by atoms with Crippen molar-refractivity contribution in [3.05, 3.63) is 63.1 Å². The van der Waals surface area contributed by atoms with Gasteiger partial charge in [0.1, 0.15) is 23.1 Å². The number of benzene rings is 2. The highest BCUT2D eigenvalue weighted by Crippen LogP contribution is 2.35. The second kappa shape index (κ2) is 10.3. The van der Waals surface area contributed by atoms with Gasteiger partial charge in [0.25, 0.3) is 0 Å². The summed E-state index contributed by atoms with van der Waals surface area (Å²) >= 11 is 18.3. The van der Waals surface area contributed by atoms with Crippen molar-refractivity contribution < 1.29 is 22.8 Å². The molecule has 202 valence electrons. The van der Waals surface area contributed by atoms with Crippen LogP contribution in [0.2, 0.25) is 15.1 Å². The Bertz CT molecular complexity index is 1400. The van der Waals surface area contributed by atoms with Crippen LogP contribution in [0.25, 0.3) is 0 Å². The standard InChI is InChI=1S/C25H25Cl3N4O5S/c1-30-13-22-31(38(36,37)21-9-8-17(27)11-18(21)28)12-19(29-23(33)15-4-5-15)24(34)32(22)20(25(30)35)10-14-2-6-16(26)7-3-14/h2-3,6-9,11,15,19-20,22H,4-5,10,12-13H2,1H3,(H,29,33). The molecule has 1 aliphatic carbocycles. The molecule has 2 aromatic rings. The van der Waals surface area contributed by atoms with Gasteiger partial charge in [-0.1, -0.05) is 46.9 Å². The number of nitrogens with zero attached hydrogens (tertiary/aromatic N) is 3. The molecule has 13 heteroatoms. The van der Waals surface area contributed by atoms with E-state index in [-0.39, 0.29) is 52.2 Å². The summed E-state index contributed by atoms with van der Waals surface area (Å²) in [6, 6.07) is 8.76. The molecule has 3 unspecified atom stereocenters. The predicted octanol–water partition coefficient (Wildman–Crippen LogP) is 2.78. The first-order chi connectivity index (χ1) is 18.0. The molecule has 0 spiro atoms. The minimum atomic E-state index is -4.28. The van der Waals surface area contributed by atoms with E-state index in [0.29, 0.717) is 17.9 Å². The van der Waals surface area contributed by atoms with Crippen LogP contribution in [0.5, 0.6) is 0 Å². The number of halogens is 3. The van der Waals surface area contributed by atoms with E-state index >= 15 is 0 Å². The van der Waals surface area contributed by atoms with Crippen molar-refractivity contribution in [3.63, 3.8) is 0 Å². The SMILES string of the molecule is CN1CC2N(C(=O)C(NC(=O)C3CC3)CN2S(=O)(=O)c2ccc(Cl)cc2Cl)C(Cc2ccc(Cl)cc2)C1=O. The molecule has 3 aliphatic rings. The summed E-state index contributed by atoms with van der Waals surface area (Å²) in [7, 11) is -2.71. The smallest absolute Gasteiger partial charge is 0.248 e. The fourth-order valence-corrected chi connectivity index (χ4v) is 7.39. The number of hydrogen-bond donors (Lipinski definition) is 1. The van der Waals surface area contributed by atoms with E-state index in [0.717, 1.165) is 9.87 Å². The Morgan fingerprint density at radius 3 is 2.26 bits per heavy atom. The molecule has 1 N–H and O–H groups in total. The summed E-state index contributed by atoms with van der Waals surface area (Å²) in [6.07, 6.45) is 0.559. The lowest BCUT2D eigenvalue weighted by molar-refractivity contribution is -0.166. The Balaban J connectivity index is 1.57. The van der Waals surface area contributed by atoms with E-state index < -0.39 is 34.2 Å². The highest BCUT2D eigenvalue weighted by molar-refractivity contribution is 7.89. The number of rotatable bonds is 6. The van der Waals surface area contributed by atoms with Crippen molar-refractivity contribution in [2.75, 3.05) is 20.1 Å². The lowest BCUT2D eigenvalue weighted by Gasteiger charge is -2.52. The third-order valence-corrected chi connectivity index (χ3v) is 9.92. The lowest BCUT2D eigenvalue weighted by atomic mass is 9.97. The first-order valence-corrected chi connectivity index (χ1v) is 14.6. The second-order valence-corrected chi connectivity index (χ2v) is 12.9. The van der Waals surface area contributed by atoms with Gasteiger partial charge in [-0.15, -0.1) is 0 Å². The van der Waals surface area contributed by atoms with Gasteiger partial charge in [-0.25, -0.2) is 8.42 Å². The van der Waals surface area contributed by atoms with Gasteiger partial charge >= 0.3 is 0 Å². The van der Waals surface area contributed by atoms with E-state index in [1.165, 1.54) is 28.0 Å². The number of sulfonamides is 1. The molecule has 1 saturated carbocycles. The third-order valence-electron chi connectivity index (χ3n) is 7.09. The van der Waals surface area contributed by atoms with Gasteiger partial charge < -0.3 is 15.1 Å². The second-order valence-electron chi connectivity index (χ2n) is 9.78. The van der Waals surface area contributed by atoms with E-state index in [2.05, 4.69) is 5.32 Å². The van der Waals surface area contributed by atoms with Crippen molar-refractivity contribution in [1.29, 1.82) is 0 Å². The fourth-order valence-electron chi connectivity index (χ4n) is 4.93. The van der Waals surface area contributed by atoms with Crippen LogP contribution in [0, 0.1) is 5.92 Å². The van der Waals surface area contributed by atoms with E-state index in [9.17, 15) is 22.8 Å². The topological polar surface area (TPSA) is 107 Å². The Kier molecular flexibility index (Phi) is 7.38. The van der Waals surface area contributed by atoms with Crippen LogP contribution in [0.4, 0.5) is 0 Å². The molecule has 3 fully saturated rings. The maximum Gasteiger partial charge on any atom is 0.248 e. The number of carbonyl (C=O) groups excluding carboxylic acids is 3. The van der Waals surface area contributed by atoms with Crippen LogP contribution in [0.3, 0.4) is 0 Å². The number of piperazine rings is 1. The van der Waals surface area contributed by atoms with Gasteiger partial charge in [-0.05, 0) is 48.7 Å². The molecule has 2 aromatic carbocycles. The zero-order chi connectivity index (χ0) is 27.4. The highest BCUT2D eigenvalue weighted by Gasteiger charge is 2.54. The Morgan fingerprint density at radius 1 is 0.974 bits per heavy atom. The van der Waals surface area contributed by atoms with Crippen molar-refractivity contribution in [3.8, 4) is 0 Å². The average molecular weight is 600 g/mol. The van der Waals surface area contributed by atoms with E-state index in [1.54, 1.807) is 31.3 Å².